The Morgan fingerprint density at radius 2 is 1.90 bits per heavy atom. The van der Waals surface area contributed by atoms with Gasteiger partial charge in [0.15, 0.2) is 5.79 Å². The maximum atomic E-state index is 12.6. The summed E-state index contributed by atoms with van der Waals surface area (Å²) in [5, 5.41) is 0. The molecule has 5 nitrogen and oxygen atoms in total. The van der Waals surface area contributed by atoms with Gasteiger partial charge in [0.25, 0.3) is 10.0 Å². The molecule has 1 spiro atoms. The second-order valence-electron chi connectivity index (χ2n) is 5.03. The van der Waals surface area contributed by atoms with Crippen LogP contribution in [-0.4, -0.2) is 44.8 Å². The number of nitrogens with zero attached hydrogens (tertiary/aromatic N) is 1. The molecule has 3 heterocycles. The maximum Gasteiger partial charge on any atom is 0.252 e. The summed E-state index contributed by atoms with van der Waals surface area (Å²) in [4.78, 5) is 0. The van der Waals surface area contributed by atoms with Crippen LogP contribution in [0.2, 0.25) is 0 Å². The van der Waals surface area contributed by atoms with Crippen LogP contribution in [0.5, 0.6) is 0 Å². The second-order valence-corrected chi connectivity index (χ2v) is 9.57. The van der Waals surface area contributed by atoms with E-state index in [1.54, 1.807) is 6.07 Å². The Balaban J connectivity index is 1.76. The average molecular weight is 382 g/mol. The first-order chi connectivity index (χ1) is 9.43. The van der Waals surface area contributed by atoms with Gasteiger partial charge in [-0.15, -0.1) is 11.3 Å². The van der Waals surface area contributed by atoms with Crippen molar-refractivity contribution in [2.75, 3.05) is 26.3 Å². The van der Waals surface area contributed by atoms with Crippen LogP contribution in [0.4, 0.5) is 0 Å². The summed E-state index contributed by atoms with van der Waals surface area (Å²) in [6.07, 6.45) is 1.19. The monoisotopic (exact) mass is 381 g/mol. The highest BCUT2D eigenvalue weighted by Gasteiger charge is 2.42. The molecular weight excluding hydrogens is 366 g/mol. The molecule has 2 fully saturated rings. The molecular formula is C12H16BrNO4S2. The molecule has 0 saturated carbocycles. The number of halogens is 1. The van der Waals surface area contributed by atoms with E-state index >= 15 is 0 Å². The molecule has 2 saturated heterocycles. The van der Waals surface area contributed by atoms with Gasteiger partial charge in [-0.2, -0.15) is 4.31 Å². The zero-order chi connectivity index (χ0) is 14.4. The molecule has 0 radical (unpaired) electrons. The van der Waals surface area contributed by atoms with Crippen molar-refractivity contribution in [1.29, 1.82) is 0 Å². The maximum absolute atomic E-state index is 12.6. The van der Waals surface area contributed by atoms with E-state index < -0.39 is 15.8 Å². The van der Waals surface area contributed by atoms with E-state index in [0.717, 1.165) is 9.35 Å². The van der Waals surface area contributed by atoms with Crippen molar-refractivity contribution in [3.05, 3.63) is 15.4 Å². The van der Waals surface area contributed by atoms with Gasteiger partial charge >= 0.3 is 0 Å². The van der Waals surface area contributed by atoms with E-state index in [0.29, 0.717) is 43.4 Å². The number of aryl methyl sites for hydroxylation is 1. The molecule has 20 heavy (non-hydrogen) atoms. The molecule has 1 aromatic rings. The fourth-order valence-corrected chi connectivity index (χ4v) is 6.36. The van der Waals surface area contributed by atoms with Crippen LogP contribution in [0.1, 0.15) is 18.4 Å². The summed E-state index contributed by atoms with van der Waals surface area (Å²) in [5.74, 6) is -0.544. The third kappa shape index (κ3) is 2.57. The van der Waals surface area contributed by atoms with Gasteiger partial charge < -0.3 is 9.47 Å². The van der Waals surface area contributed by atoms with Gasteiger partial charge in [0.2, 0.25) is 0 Å². The fraction of sp³-hybridized carbons (Fsp3) is 0.667. The van der Waals surface area contributed by atoms with Crippen molar-refractivity contribution in [3.63, 3.8) is 0 Å². The first kappa shape index (κ1) is 14.9. The van der Waals surface area contributed by atoms with E-state index in [1.807, 2.05) is 6.92 Å². The summed E-state index contributed by atoms with van der Waals surface area (Å²) in [6.45, 7) is 3.98. The Hall–Kier alpha value is 0.01000. The predicted molar refractivity (Wildman–Crippen MR) is 79.4 cm³/mol. The van der Waals surface area contributed by atoms with Crippen LogP contribution in [0.3, 0.4) is 0 Å². The Morgan fingerprint density at radius 1 is 1.30 bits per heavy atom. The molecule has 3 rings (SSSR count). The smallest absolute Gasteiger partial charge is 0.252 e. The highest BCUT2D eigenvalue weighted by molar-refractivity contribution is 9.11. The summed E-state index contributed by atoms with van der Waals surface area (Å²) in [7, 11) is -3.40. The van der Waals surface area contributed by atoms with Crippen molar-refractivity contribution in [2.24, 2.45) is 0 Å². The number of hydrogen-bond acceptors (Lipinski definition) is 5. The SMILES string of the molecule is Cc1cc(S(=O)(=O)N2CCC3(CC2)OCCO3)sc1Br. The third-order valence-corrected chi connectivity index (χ3v) is 8.21. The van der Waals surface area contributed by atoms with Crippen LogP contribution < -0.4 is 0 Å². The number of hydrogen-bond donors (Lipinski definition) is 0. The lowest BCUT2D eigenvalue weighted by Gasteiger charge is -2.36. The van der Waals surface area contributed by atoms with Crippen molar-refractivity contribution < 1.29 is 17.9 Å². The molecule has 112 valence electrons. The van der Waals surface area contributed by atoms with Gasteiger partial charge in [0.1, 0.15) is 4.21 Å². The summed E-state index contributed by atoms with van der Waals surface area (Å²) in [5.41, 5.74) is 0.949. The van der Waals surface area contributed by atoms with Gasteiger partial charge in [-0.3, -0.25) is 0 Å². The number of thiophene rings is 1. The Morgan fingerprint density at radius 3 is 2.40 bits per heavy atom. The molecule has 0 N–H and O–H groups in total. The minimum Gasteiger partial charge on any atom is -0.347 e. The summed E-state index contributed by atoms with van der Waals surface area (Å²) >= 11 is 4.64. The zero-order valence-electron chi connectivity index (χ0n) is 11.1. The first-order valence-corrected chi connectivity index (χ1v) is 9.52. The highest BCUT2D eigenvalue weighted by atomic mass is 79.9. The Labute approximate surface area is 131 Å². The van der Waals surface area contributed by atoms with Crippen molar-refractivity contribution in [3.8, 4) is 0 Å². The summed E-state index contributed by atoms with van der Waals surface area (Å²) < 4.78 is 39.2. The molecule has 8 heteroatoms. The van der Waals surface area contributed by atoms with Crippen LogP contribution >= 0.6 is 27.3 Å². The molecule has 0 atom stereocenters. The van der Waals surface area contributed by atoms with Gasteiger partial charge in [0.05, 0.1) is 17.0 Å². The van der Waals surface area contributed by atoms with Crippen LogP contribution in [0.15, 0.2) is 14.1 Å². The molecule has 1 aromatic heterocycles. The third-order valence-electron chi connectivity index (χ3n) is 3.73. The molecule has 0 unspecified atom stereocenters. The lowest BCUT2D eigenvalue weighted by atomic mass is 10.1. The van der Waals surface area contributed by atoms with Crippen LogP contribution in [0, 0.1) is 6.92 Å². The zero-order valence-corrected chi connectivity index (χ0v) is 14.3. The van der Waals surface area contributed by atoms with E-state index in [9.17, 15) is 8.42 Å². The van der Waals surface area contributed by atoms with E-state index in [4.69, 9.17) is 9.47 Å². The lowest BCUT2D eigenvalue weighted by Crippen LogP contribution is -2.47. The minimum atomic E-state index is -3.40. The standard InChI is InChI=1S/C12H16BrNO4S2/c1-9-8-10(19-11(9)13)20(15,16)14-4-2-12(3-5-14)17-6-7-18-12/h8H,2-7H2,1H3. The highest BCUT2D eigenvalue weighted by Crippen LogP contribution is 2.36. The van der Waals surface area contributed by atoms with Crippen molar-refractivity contribution in [2.45, 2.75) is 29.8 Å². The summed E-state index contributed by atoms with van der Waals surface area (Å²) in [6, 6.07) is 1.72. The minimum absolute atomic E-state index is 0.395. The average Bonchev–Trinajstić information content (AvgIpc) is 2.99. The first-order valence-electron chi connectivity index (χ1n) is 6.47. The predicted octanol–water partition coefficient (Wildman–Crippen LogP) is 2.35. The van der Waals surface area contributed by atoms with E-state index in [1.165, 1.54) is 15.6 Å². The number of sulfonamides is 1. The number of rotatable bonds is 2. The normalized spacial score (nSPS) is 23.5. The second kappa shape index (κ2) is 5.33. The van der Waals surface area contributed by atoms with Gasteiger partial charge in [-0.25, -0.2) is 8.42 Å². The van der Waals surface area contributed by atoms with Crippen LogP contribution in [0.25, 0.3) is 0 Å². The molecule has 0 bridgehead atoms. The van der Waals surface area contributed by atoms with Crippen molar-refractivity contribution >= 4 is 37.3 Å². The Bertz CT molecular complexity index is 577. The topological polar surface area (TPSA) is 55.8 Å². The van der Waals surface area contributed by atoms with Gasteiger partial charge in [-0.1, -0.05) is 0 Å². The number of piperidine rings is 1. The van der Waals surface area contributed by atoms with Crippen LogP contribution in [-0.2, 0) is 19.5 Å². The molecule has 2 aliphatic heterocycles. The molecule has 0 amide bonds. The molecule has 0 aliphatic carbocycles. The number of ether oxygens (including phenoxy) is 2. The van der Waals surface area contributed by atoms with Gasteiger partial charge in [-0.05, 0) is 34.5 Å². The lowest BCUT2D eigenvalue weighted by molar-refractivity contribution is -0.179. The Kier molecular flexibility index (Phi) is 3.98. The van der Waals surface area contributed by atoms with Crippen molar-refractivity contribution in [1.82, 2.24) is 4.31 Å². The quantitative estimate of drug-likeness (QED) is 0.788. The molecule has 2 aliphatic rings. The van der Waals surface area contributed by atoms with E-state index in [2.05, 4.69) is 15.9 Å². The molecule has 0 aromatic carbocycles. The fourth-order valence-electron chi connectivity index (χ4n) is 2.54. The van der Waals surface area contributed by atoms with E-state index in [-0.39, 0.29) is 0 Å². The largest absolute Gasteiger partial charge is 0.347 e. The van der Waals surface area contributed by atoms with Gasteiger partial charge in [0, 0.05) is 25.9 Å².